The molecular formula is C17H17ClF3N. The van der Waals surface area contributed by atoms with E-state index >= 15 is 0 Å². The summed E-state index contributed by atoms with van der Waals surface area (Å²) in [7, 11) is 0. The van der Waals surface area contributed by atoms with Crippen LogP contribution < -0.4 is 5.73 Å². The molecule has 22 heavy (non-hydrogen) atoms. The summed E-state index contributed by atoms with van der Waals surface area (Å²) in [5, 5.41) is 0. The van der Waals surface area contributed by atoms with Crippen molar-refractivity contribution in [3.8, 4) is 11.1 Å². The van der Waals surface area contributed by atoms with E-state index in [1.54, 1.807) is 0 Å². The first-order valence-electron chi connectivity index (χ1n) is 6.97. The van der Waals surface area contributed by atoms with Crippen molar-refractivity contribution >= 4 is 12.4 Å². The summed E-state index contributed by atoms with van der Waals surface area (Å²) in [4.78, 5) is 0. The molecule has 0 fully saturated rings. The first kappa shape index (κ1) is 16.8. The molecule has 0 aliphatic heterocycles. The number of halogens is 4. The summed E-state index contributed by atoms with van der Waals surface area (Å²) in [5.41, 5.74) is 11.5. The van der Waals surface area contributed by atoms with Crippen LogP contribution in [0.1, 0.15) is 35.6 Å². The van der Waals surface area contributed by atoms with E-state index in [-0.39, 0.29) is 18.8 Å². The summed E-state index contributed by atoms with van der Waals surface area (Å²) in [6, 6.07) is 13.4. The van der Waals surface area contributed by atoms with Crippen LogP contribution in [-0.4, -0.2) is 6.18 Å². The predicted octanol–water partition coefficient (Wildman–Crippen LogP) is 5.02. The molecule has 0 spiro atoms. The van der Waals surface area contributed by atoms with Crippen LogP contribution in [0.5, 0.6) is 0 Å². The van der Waals surface area contributed by atoms with Crippen molar-refractivity contribution in [2.24, 2.45) is 5.73 Å². The van der Waals surface area contributed by atoms with Crippen molar-refractivity contribution in [1.82, 2.24) is 0 Å². The maximum absolute atomic E-state index is 12.3. The molecule has 1 aliphatic carbocycles. The lowest BCUT2D eigenvalue weighted by Gasteiger charge is -2.15. The third kappa shape index (κ3) is 3.45. The minimum atomic E-state index is -4.15. The van der Waals surface area contributed by atoms with Gasteiger partial charge in [-0.1, -0.05) is 42.5 Å². The third-order valence-electron chi connectivity index (χ3n) is 3.98. The van der Waals surface area contributed by atoms with Gasteiger partial charge in [0, 0.05) is 12.5 Å². The highest BCUT2D eigenvalue weighted by Crippen LogP contribution is 2.38. The van der Waals surface area contributed by atoms with Gasteiger partial charge in [-0.2, -0.15) is 13.2 Å². The third-order valence-corrected chi connectivity index (χ3v) is 3.98. The minimum absolute atomic E-state index is 0. The van der Waals surface area contributed by atoms with Crippen molar-refractivity contribution in [3.05, 3.63) is 59.2 Å². The fourth-order valence-corrected chi connectivity index (χ4v) is 2.88. The summed E-state index contributed by atoms with van der Waals surface area (Å²) in [6.45, 7) is 0. The number of hydrogen-bond donors (Lipinski definition) is 1. The average Bonchev–Trinajstić information content (AvgIpc) is 2.81. The largest absolute Gasteiger partial charge is 0.389 e. The Hall–Kier alpha value is -1.52. The van der Waals surface area contributed by atoms with Crippen LogP contribution in [0, 0.1) is 0 Å². The van der Waals surface area contributed by atoms with Gasteiger partial charge >= 0.3 is 6.18 Å². The Morgan fingerprint density at radius 3 is 2.41 bits per heavy atom. The van der Waals surface area contributed by atoms with Crippen molar-refractivity contribution < 1.29 is 13.2 Å². The maximum Gasteiger partial charge on any atom is 0.389 e. The molecule has 0 heterocycles. The van der Waals surface area contributed by atoms with Crippen LogP contribution in [0.3, 0.4) is 0 Å². The zero-order valence-electron chi connectivity index (χ0n) is 11.9. The molecule has 2 N–H and O–H groups in total. The molecule has 0 bridgehead atoms. The molecule has 1 aliphatic rings. The summed E-state index contributed by atoms with van der Waals surface area (Å²) in [5.74, 6) is 0. The molecule has 2 aromatic carbocycles. The lowest BCUT2D eigenvalue weighted by molar-refractivity contribution is -0.136. The standard InChI is InChI=1S/C17H16F3N.ClH/c18-17(19,20)8-7-16(21)12-5-6-15-13(10-12)9-11-3-1-2-4-14(11)15;/h1-6,10,16H,7-9,21H2;1H/t16-;/m1./s1. The molecule has 5 heteroatoms. The lowest BCUT2D eigenvalue weighted by atomic mass is 9.97. The van der Waals surface area contributed by atoms with Gasteiger partial charge in [-0.25, -0.2) is 0 Å². The molecular weight excluding hydrogens is 311 g/mol. The van der Waals surface area contributed by atoms with E-state index in [1.807, 2.05) is 30.3 Å². The Balaban J connectivity index is 0.00000176. The molecule has 0 radical (unpaired) electrons. The second kappa shape index (κ2) is 6.31. The Bertz CT molecular complexity index is 667. The normalized spacial score (nSPS) is 14.0. The Morgan fingerprint density at radius 2 is 1.68 bits per heavy atom. The van der Waals surface area contributed by atoms with Gasteiger partial charge < -0.3 is 5.73 Å². The highest BCUT2D eigenvalue weighted by molar-refractivity contribution is 5.85. The molecule has 0 saturated heterocycles. The van der Waals surface area contributed by atoms with Gasteiger partial charge in [0.25, 0.3) is 0 Å². The lowest BCUT2D eigenvalue weighted by Crippen LogP contribution is -2.15. The highest BCUT2D eigenvalue weighted by atomic mass is 35.5. The van der Waals surface area contributed by atoms with Crippen LogP contribution in [0.4, 0.5) is 13.2 Å². The smallest absolute Gasteiger partial charge is 0.324 e. The van der Waals surface area contributed by atoms with Crippen molar-refractivity contribution in [2.45, 2.75) is 31.5 Å². The highest BCUT2D eigenvalue weighted by Gasteiger charge is 2.28. The monoisotopic (exact) mass is 327 g/mol. The van der Waals surface area contributed by atoms with E-state index in [4.69, 9.17) is 5.73 Å². The summed E-state index contributed by atoms with van der Waals surface area (Å²) in [6.07, 6.45) is -4.24. The molecule has 3 rings (SSSR count). The quantitative estimate of drug-likeness (QED) is 0.718. The van der Waals surface area contributed by atoms with Gasteiger partial charge in [0.1, 0.15) is 0 Å². The fourth-order valence-electron chi connectivity index (χ4n) is 2.88. The Labute approximate surface area is 133 Å². The second-order valence-electron chi connectivity index (χ2n) is 5.51. The van der Waals surface area contributed by atoms with Gasteiger partial charge in [-0.05, 0) is 40.7 Å². The van der Waals surface area contributed by atoms with Gasteiger partial charge in [0.05, 0.1) is 0 Å². The zero-order valence-corrected chi connectivity index (χ0v) is 12.7. The van der Waals surface area contributed by atoms with Crippen LogP contribution in [0.2, 0.25) is 0 Å². The second-order valence-corrected chi connectivity index (χ2v) is 5.51. The molecule has 0 saturated carbocycles. The number of alkyl halides is 3. The van der Waals surface area contributed by atoms with Gasteiger partial charge in [-0.15, -0.1) is 12.4 Å². The van der Waals surface area contributed by atoms with Crippen LogP contribution in [0.15, 0.2) is 42.5 Å². The predicted molar refractivity (Wildman–Crippen MR) is 84.1 cm³/mol. The van der Waals surface area contributed by atoms with Gasteiger partial charge in [0.15, 0.2) is 0 Å². The van der Waals surface area contributed by atoms with E-state index in [1.165, 1.54) is 11.1 Å². The molecule has 1 atom stereocenters. The van der Waals surface area contributed by atoms with Gasteiger partial charge in [-0.3, -0.25) is 0 Å². The van der Waals surface area contributed by atoms with Crippen LogP contribution in [0.25, 0.3) is 11.1 Å². The number of rotatable bonds is 3. The van der Waals surface area contributed by atoms with Crippen molar-refractivity contribution in [2.75, 3.05) is 0 Å². The number of nitrogens with two attached hydrogens (primary N) is 1. The van der Waals surface area contributed by atoms with Gasteiger partial charge in [0.2, 0.25) is 0 Å². The van der Waals surface area contributed by atoms with Crippen LogP contribution in [-0.2, 0) is 6.42 Å². The summed E-state index contributed by atoms with van der Waals surface area (Å²) >= 11 is 0. The van der Waals surface area contributed by atoms with Crippen molar-refractivity contribution in [1.29, 1.82) is 0 Å². The number of benzene rings is 2. The molecule has 0 unspecified atom stereocenters. The summed E-state index contributed by atoms with van der Waals surface area (Å²) < 4.78 is 36.8. The molecule has 2 aromatic rings. The number of fused-ring (bicyclic) bond motifs is 3. The molecule has 0 aromatic heterocycles. The SMILES string of the molecule is Cl.N[C@H](CCC(F)(F)F)c1ccc2c(c1)Cc1ccccc1-2. The first-order valence-corrected chi connectivity index (χ1v) is 6.97. The van der Waals surface area contributed by atoms with E-state index < -0.39 is 18.6 Å². The number of hydrogen-bond acceptors (Lipinski definition) is 1. The van der Waals surface area contributed by atoms with E-state index in [2.05, 4.69) is 12.1 Å². The average molecular weight is 328 g/mol. The van der Waals surface area contributed by atoms with Crippen LogP contribution >= 0.6 is 12.4 Å². The zero-order chi connectivity index (χ0) is 15.0. The van der Waals surface area contributed by atoms with E-state index in [0.717, 1.165) is 23.1 Å². The molecule has 1 nitrogen and oxygen atoms in total. The fraction of sp³-hybridized carbons (Fsp3) is 0.294. The molecule has 0 amide bonds. The topological polar surface area (TPSA) is 26.0 Å². The minimum Gasteiger partial charge on any atom is -0.324 e. The maximum atomic E-state index is 12.3. The van der Waals surface area contributed by atoms with E-state index in [0.29, 0.717) is 0 Å². The van der Waals surface area contributed by atoms with Crippen molar-refractivity contribution in [3.63, 3.8) is 0 Å². The van der Waals surface area contributed by atoms with E-state index in [9.17, 15) is 13.2 Å². The Kier molecular flexibility index (Phi) is 4.83. The first-order chi connectivity index (χ1) is 9.94. The molecule has 118 valence electrons. The Morgan fingerprint density at radius 1 is 1.00 bits per heavy atom.